The van der Waals surface area contributed by atoms with Gasteiger partial charge in [-0.05, 0) is 40.0 Å². The van der Waals surface area contributed by atoms with Crippen LogP contribution in [0.3, 0.4) is 0 Å². The number of phenolic OH excluding ortho intramolecular Hbond substituents is 1. The van der Waals surface area contributed by atoms with E-state index in [4.69, 9.17) is 9.79 Å². The minimum atomic E-state index is -4.04. The van der Waals surface area contributed by atoms with Crippen LogP contribution in [0, 0.1) is 6.92 Å². The number of hydrogen-bond donors (Lipinski definition) is 3. The van der Waals surface area contributed by atoms with Crippen molar-refractivity contribution in [3.05, 3.63) is 27.7 Å². The van der Waals surface area contributed by atoms with Crippen LogP contribution in [0.25, 0.3) is 0 Å². The molecule has 0 aliphatic rings. The number of benzene rings is 1. The summed E-state index contributed by atoms with van der Waals surface area (Å²) in [5.74, 6) is 0.0967. The first kappa shape index (κ1) is 11.7. The third-order valence-corrected chi connectivity index (χ3v) is 3.08. The SMILES string of the molecule is Cc1cc(CP(=O)(O)O)cc(Br)c1O. The molecule has 0 aliphatic carbocycles. The number of halogens is 1. The molecule has 0 aliphatic heterocycles. The topological polar surface area (TPSA) is 77.8 Å². The van der Waals surface area contributed by atoms with Crippen molar-refractivity contribution >= 4 is 23.5 Å². The van der Waals surface area contributed by atoms with Gasteiger partial charge in [-0.1, -0.05) is 6.07 Å². The summed E-state index contributed by atoms with van der Waals surface area (Å²) in [5, 5.41) is 9.39. The molecular weight excluding hydrogens is 271 g/mol. The van der Waals surface area contributed by atoms with Crippen LogP contribution < -0.4 is 0 Å². The monoisotopic (exact) mass is 280 g/mol. The molecule has 0 saturated heterocycles. The third kappa shape index (κ3) is 3.10. The number of aryl methyl sites for hydroxylation is 1. The molecule has 0 bridgehead atoms. The highest BCUT2D eigenvalue weighted by atomic mass is 79.9. The summed E-state index contributed by atoms with van der Waals surface area (Å²) in [4.78, 5) is 17.5. The second-order valence-corrected chi connectivity index (χ2v) is 5.57. The van der Waals surface area contributed by atoms with E-state index in [2.05, 4.69) is 15.9 Å². The molecule has 6 heteroatoms. The summed E-state index contributed by atoms with van der Waals surface area (Å²) in [6.45, 7) is 1.67. The van der Waals surface area contributed by atoms with Crippen molar-refractivity contribution in [1.29, 1.82) is 0 Å². The molecule has 0 unspecified atom stereocenters. The molecule has 14 heavy (non-hydrogen) atoms. The maximum absolute atomic E-state index is 10.7. The van der Waals surface area contributed by atoms with E-state index < -0.39 is 7.60 Å². The summed E-state index contributed by atoms with van der Waals surface area (Å²) in [7, 11) is -4.04. The number of phenols is 1. The van der Waals surface area contributed by atoms with Crippen LogP contribution in [-0.2, 0) is 10.7 Å². The van der Waals surface area contributed by atoms with Gasteiger partial charge >= 0.3 is 7.60 Å². The minimum absolute atomic E-state index is 0.0967. The lowest BCUT2D eigenvalue weighted by Crippen LogP contribution is -1.89. The molecule has 1 aromatic carbocycles. The summed E-state index contributed by atoms with van der Waals surface area (Å²) < 4.78 is 11.2. The fraction of sp³-hybridized carbons (Fsp3) is 0.250. The minimum Gasteiger partial charge on any atom is -0.506 e. The van der Waals surface area contributed by atoms with Gasteiger partial charge in [0.2, 0.25) is 0 Å². The van der Waals surface area contributed by atoms with Crippen molar-refractivity contribution in [1.82, 2.24) is 0 Å². The van der Waals surface area contributed by atoms with Gasteiger partial charge in [0.15, 0.2) is 0 Å². The number of aromatic hydroxyl groups is 1. The van der Waals surface area contributed by atoms with Gasteiger partial charge < -0.3 is 14.9 Å². The Bertz CT molecular complexity index is 375. The molecule has 1 rings (SSSR count). The zero-order valence-corrected chi connectivity index (χ0v) is 9.92. The molecule has 0 fully saturated rings. The van der Waals surface area contributed by atoms with Crippen LogP contribution in [0.2, 0.25) is 0 Å². The maximum Gasteiger partial charge on any atom is 0.329 e. The van der Waals surface area contributed by atoms with Crippen molar-refractivity contribution in [2.24, 2.45) is 0 Å². The largest absolute Gasteiger partial charge is 0.506 e. The zero-order chi connectivity index (χ0) is 10.9. The van der Waals surface area contributed by atoms with Crippen molar-refractivity contribution in [3.63, 3.8) is 0 Å². The van der Waals surface area contributed by atoms with Crippen molar-refractivity contribution in [2.75, 3.05) is 0 Å². The van der Waals surface area contributed by atoms with Crippen LogP contribution in [0.4, 0.5) is 0 Å². The molecule has 78 valence electrons. The van der Waals surface area contributed by atoms with E-state index in [1.165, 1.54) is 6.07 Å². The maximum atomic E-state index is 10.7. The summed E-state index contributed by atoms with van der Waals surface area (Å²) in [6, 6.07) is 3.06. The van der Waals surface area contributed by atoms with Gasteiger partial charge in [-0.25, -0.2) is 0 Å². The highest BCUT2D eigenvalue weighted by Crippen LogP contribution is 2.41. The number of rotatable bonds is 2. The molecule has 0 heterocycles. The second kappa shape index (κ2) is 4.03. The van der Waals surface area contributed by atoms with Gasteiger partial charge in [0.05, 0.1) is 10.6 Å². The molecule has 0 radical (unpaired) electrons. The van der Waals surface area contributed by atoms with Crippen molar-refractivity contribution in [2.45, 2.75) is 13.1 Å². The average Bonchev–Trinajstić information content (AvgIpc) is 1.96. The van der Waals surface area contributed by atoms with E-state index in [9.17, 15) is 9.67 Å². The Morgan fingerprint density at radius 2 is 2.00 bits per heavy atom. The standard InChI is InChI=1S/C8H10BrO4P/c1-5-2-6(4-14(11,12)13)3-7(9)8(5)10/h2-3,10H,4H2,1H3,(H2,11,12,13). The Balaban J connectivity index is 3.08. The van der Waals surface area contributed by atoms with Crippen molar-refractivity contribution < 1.29 is 19.5 Å². The highest BCUT2D eigenvalue weighted by Gasteiger charge is 2.15. The summed E-state index contributed by atoms with van der Waals surface area (Å²) >= 11 is 3.10. The summed E-state index contributed by atoms with van der Waals surface area (Å²) in [6.07, 6.45) is -0.313. The second-order valence-electron chi connectivity index (χ2n) is 3.07. The Morgan fingerprint density at radius 3 is 2.43 bits per heavy atom. The fourth-order valence-corrected chi connectivity index (χ4v) is 2.40. The van der Waals surface area contributed by atoms with E-state index in [0.717, 1.165) is 0 Å². The molecule has 4 nitrogen and oxygen atoms in total. The van der Waals surface area contributed by atoms with Crippen LogP contribution in [-0.4, -0.2) is 14.9 Å². The van der Waals surface area contributed by atoms with E-state index in [-0.39, 0.29) is 11.9 Å². The zero-order valence-electron chi connectivity index (χ0n) is 7.44. The molecule has 3 N–H and O–H groups in total. The Hall–Kier alpha value is -0.350. The van der Waals surface area contributed by atoms with E-state index in [1.807, 2.05) is 0 Å². The van der Waals surface area contributed by atoms with Crippen LogP contribution in [0.1, 0.15) is 11.1 Å². The smallest absolute Gasteiger partial charge is 0.329 e. The van der Waals surface area contributed by atoms with Gasteiger partial charge in [0, 0.05) is 0 Å². The molecule has 0 saturated carbocycles. The molecule has 0 spiro atoms. The normalized spacial score (nSPS) is 11.7. The molecule has 0 amide bonds. The van der Waals surface area contributed by atoms with Crippen LogP contribution in [0.15, 0.2) is 16.6 Å². The van der Waals surface area contributed by atoms with Gasteiger partial charge in [-0.3, -0.25) is 4.57 Å². The molecule has 1 aromatic rings. The van der Waals surface area contributed by atoms with Gasteiger partial charge in [-0.15, -0.1) is 0 Å². The van der Waals surface area contributed by atoms with Gasteiger partial charge in [0.25, 0.3) is 0 Å². The first-order valence-corrected chi connectivity index (χ1v) is 6.41. The lowest BCUT2D eigenvalue weighted by molar-refractivity contribution is 0.371. The Labute approximate surface area is 89.9 Å². The van der Waals surface area contributed by atoms with E-state index >= 15 is 0 Å². The predicted octanol–water partition coefficient (Wildman–Crippen LogP) is 2.14. The van der Waals surface area contributed by atoms with Gasteiger partial charge in [-0.2, -0.15) is 0 Å². The quantitative estimate of drug-likeness (QED) is 0.726. The molecule has 0 aromatic heterocycles. The highest BCUT2D eigenvalue weighted by molar-refractivity contribution is 9.10. The van der Waals surface area contributed by atoms with Crippen molar-refractivity contribution in [3.8, 4) is 5.75 Å². The average molecular weight is 281 g/mol. The number of hydrogen-bond acceptors (Lipinski definition) is 2. The van der Waals surface area contributed by atoms with Gasteiger partial charge in [0.1, 0.15) is 5.75 Å². The lowest BCUT2D eigenvalue weighted by Gasteiger charge is -2.07. The predicted molar refractivity (Wildman–Crippen MR) is 56.3 cm³/mol. The Kier molecular flexibility index (Phi) is 3.37. The first-order valence-electron chi connectivity index (χ1n) is 3.82. The first-order chi connectivity index (χ1) is 6.29. The van der Waals surface area contributed by atoms with E-state index in [1.54, 1.807) is 13.0 Å². The van der Waals surface area contributed by atoms with Crippen LogP contribution >= 0.6 is 23.5 Å². The lowest BCUT2D eigenvalue weighted by atomic mass is 10.1. The Morgan fingerprint density at radius 1 is 1.43 bits per heavy atom. The van der Waals surface area contributed by atoms with Crippen LogP contribution in [0.5, 0.6) is 5.75 Å². The summed E-state index contributed by atoms with van der Waals surface area (Å²) in [5.41, 5.74) is 1.09. The fourth-order valence-electron chi connectivity index (χ4n) is 1.14. The molecule has 0 atom stereocenters. The van der Waals surface area contributed by atoms with E-state index in [0.29, 0.717) is 15.6 Å². The third-order valence-electron chi connectivity index (χ3n) is 1.70. The molecular formula is C8H10BrO4P.